The van der Waals surface area contributed by atoms with E-state index >= 15 is 0 Å². The van der Waals surface area contributed by atoms with Crippen molar-refractivity contribution in [2.75, 3.05) is 0 Å². The first-order valence-electron chi connectivity index (χ1n) is 3.88. The van der Waals surface area contributed by atoms with Crippen LogP contribution in [0.1, 0.15) is 16.5 Å². The van der Waals surface area contributed by atoms with Crippen molar-refractivity contribution in [1.82, 2.24) is 0 Å². The Balaban J connectivity index is 2.87. The van der Waals surface area contributed by atoms with Gasteiger partial charge in [0.05, 0.1) is 0 Å². The summed E-state index contributed by atoms with van der Waals surface area (Å²) in [4.78, 5) is 2.74. The summed E-state index contributed by atoms with van der Waals surface area (Å²) in [6.45, 7) is 2.20. The zero-order chi connectivity index (χ0) is 9.84. The van der Waals surface area contributed by atoms with Crippen molar-refractivity contribution in [3.05, 3.63) is 29.8 Å². The van der Waals surface area contributed by atoms with Crippen LogP contribution in [-0.4, -0.2) is 29.7 Å². The molecule has 0 aliphatic carbocycles. The normalized spacial score (nSPS) is 15.3. The van der Waals surface area contributed by atoms with E-state index < -0.39 is 11.1 Å². The van der Waals surface area contributed by atoms with Crippen molar-refractivity contribution in [1.29, 1.82) is 0 Å². The fourth-order valence-electron chi connectivity index (χ4n) is 0.991. The van der Waals surface area contributed by atoms with Crippen LogP contribution in [0.2, 0.25) is 4.97 Å². The van der Waals surface area contributed by atoms with Gasteiger partial charge in [-0.25, -0.2) is 0 Å². The Morgan fingerprint density at radius 1 is 1.38 bits per heavy atom. The van der Waals surface area contributed by atoms with Crippen LogP contribution in [0.5, 0.6) is 0 Å². The van der Waals surface area contributed by atoms with E-state index in [1.807, 2.05) is 12.1 Å². The Bertz CT molecular complexity index is 297. The van der Waals surface area contributed by atoms with E-state index in [9.17, 15) is 4.21 Å². The Hall–Kier alpha value is 0.120. The van der Waals surface area contributed by atoms with Gasteiger partial charge in [0.1, 0.15) is 0 Å². The fourth-order valence-corrected chi connectivity index (χ4v) is 2.59. The summed E-state index contributed by atoms with van der Waals surface area (Å²) in [7, 11) is 0. The van der Waals surface area contributed by atoms with Crippen molar-refractivity contribution in [2.24, 2.45) is 0 Å². The molecule has 0 saturated carbocycles. The zero-order valence-corrected chi connectivity index (χ0v) is 10.7. The molecule has 1 rings (SSSR count). The van der Waals surface area contributed by atoms with E-state index in [1.165, 1.54) is 5.56 Å². The first-order chi connectivity index (χ1) is 6.15. The molecule has 2 unspecified atom stereocenters. The fraction of sp³-hybridized carbons (Fsp3) is 0.333. The average Bonchev–Trinajstić information content (AvgIpc) is 2.17. The Morgan fingerprint density at radius 3 is 2.31 bits per heavy atom. The van der Waals surface area contributed by atoms with Gasteiger partial charge < -0.3 is 0 Å². The van der Waals surface area contributed by atoms with Gasteiger partial charge in [0.15, 0.2) is 0 Å². The Labute approximate surface area is 91.1 Å². The quantitative estimate of drug-likeness (QED) is 0.685. The third-order valence-electron chi connectivity index (χ3n) is 1.90. The van der Waals surface area contributed by atoms with E-state index in [2.05, 4.69) is 11.9 Å². The number of rotatable bonds is 3. The van der Waals surface area contributed by atoms with Crippen LogP contribution in [-0.2, 0) is 11.1 Å². The molecule has 0 aliphatic heterocycles. The molecular formula is C9H12O2STe. The van der Waals surface area contributed by atoms with Crippen LogP contribution < -0.4 is 0 Å². The van der Waals surface area contributed by atoms with E-state index in [-0.39, 0.29) is 20.9 Å². The van der Waals surface area contributed by atoms with Crippen LogP contribution in [0.3, 0.4) is 0 Å². The predicted molar refractivity (Wildman–Crippen MR) is 55.5 cm³/mol. The Kier molecular flexibility index (Phi) is 4.40. The summed E-state index contributed by atoms with van der Waals surface area (Å²) in [6, 6.07) is 7.35. The van der Waals surface area contributed by atoms with Crippen LogP contribution >= 0.6 is 0 Å². The monoisotopic (exact) mass is 314 g/mol. The van der Waals surface area contributed by atoms with Gasteiger partial charge in [-0.2, -0.15) is 0 Å². The molecule has 0 aliphatic rings. The van der Waals surface area contributed by atoms with Gasteiger partial charge in [0.25, 0.3) is 0 Å². The van der Waals surface area contributed by atoms with Crippen LogP contribution in [0.4, 0.5) is 0 Å². The van der Waals surface area contributed by atoms with Gasteiger partial charge in [-0.05, 0) is 0 Å². The minimum atomic E-state index is -1.84. The molecule has 0 heterocycles. The van der Waals surface area contributed by atoms with Crippen molar-refractivity contribution < 1.29 is 8.76 Å². The molecule has 2 atom stereocenters. The molecule has 1 N–H and O–H groups in total. The maximum absolute atomic E-state index is 10.7. The van der Waals surface area contributed by atoms with Gasteiger partial charge in [-0.15, -0.1) is 0 Å². The molecule has 1 aromatic carbocycles. The molecule has 13 heavy (non-hydrogen) atoms. The average molecular weight is 312 g/mol. The van der Waals surface area contributed by atoms with Gasteiger partial charge in [0, 0.05) is 0 Å². The SMILES string of the molecule is C[Te]C(C)c1ccc(S(=O)O)cc1. The van der Waals surface area contributed by atoms with Crippen LogP contribution in [0.15, 0.2) is 29.2 Å². The number of hydrogen-bond acceptors (Lipinski definition) is 1. The molecule has 0 aromatic heterocycles. The summed E-state index contributed by atoms with van der Waals surface area (Å²) in [5.41, 5.74) is 1.28. The second-order valence-electron chi connectivity index (χ2n) is 2.70. The molecule has 0 amide bonds. The minimum absolute atomic E-state index is 0.0414. The molecule has 0 spiro atoms. The third kappa shape index (κ3) is 3.07. The first kappa shape index (κ1) is 11.2. The van der Waals surface area contributed by atoms with Gasteiger partial charge in [-0.1, -0.05) is 0 Å². The van der Waals surface area contributed by atoms with E-state index in [0.717, 1.165) is 0 Å². The molecular weight excluding hydrogens is 300 g/mol. The van der Waals surface area contributed by atoms with E-state index in [0.29, 0.717) is 8.86 Å². The Morgan fingerprint density at radius 2 is 1.92 bits per heavy atom. The second kappa shape index (κ2) is 5.11. The standard InChI is InChI=1S/C9H12O2STe/c1-7(13-2)8-3-5-9(6-4-8)12(10)11/h3-7H,1-2H3,(H,10,11). The third-order valence-corrected chi connectivity index (χ3v) is 5.38. The van der Waals surface area contributed by atoms with Crippen LogP contribution in [0.25, 0.3) is 0 Å². The number of hydrogen-bond donors (Lipinski definition) is 1. The summed E-state index contributed by atoms with van der Waals surface area (Å²) < 4.78 is 20.1. The van der Waals surface area contributed by atoms with Crippen molar-refractivity contribution >= 4 is 32.0 Å². The number of benzene rings is 1. The van der Waals surface area contributed by atoms with Crippen molar-refractivity contribution in [3.63, 3.8) is 0 Å². The zero-order valence-electron chi connectivity index (χ0n) is 7.56. The van der Waals surface area contributed by atoms with Gasteiger partial charge in [0.2, 0.25) is 0 Å². The van der Waals surface area contributed by atoms with Crippen molar-refractivity contribution in [2.45, 2.75) is 20.8 Å². The molecule has 1 aromatic rings. The molecule has 2 nitrogen and oxygen atoms in total. The molecule has 4 heteroatoms. The van der Waals surface area contributed by atoms with Gasteiger partial charge >= 0.3 is 91.4 Å². The van der Waals surface area contributed by atoms with Crippen LogP contribution in [0, 0.1) is 0 Å². The molecule has 0 saturated heterocycles. The predicted octanol–water partition coefficient (Wildman–Crippen LogP) is 2.08. The first-order valence-corrected chi connectivity index (χ1v) is 8.67. The maximum atomic E-state index is 10.7. The second-order valence-corrected chi connectivity index (χ2v) is 7.03. The van der Waals surface area contributed by atoms with E-state index in [4.69, 9.17) is 4.55 Å². The summed E-state index contributed by atoms with van der Waals surface area (Å²) in [5, 5.41) is 0. The molecule has 0 fully saturated rings. The van der Waals surface area contributed by atoms with Crippen molar-refractivity contribution in [3.8, 4) is 0 Å². The molecule has 72 valence electrons. The molecule has 0 bridgehead atoms. The van der Waals surface area contributed by atoms with Gasteiger partial charge in [-0.3, -0.25) is 0 Å². The topological polar surface area (TPSA) is 37.3 Å². The van der Waals surface area contributed by atoms with E-state index in [1.54, 1.807) is 12.1 Å². The molecule has 0 radical (unpaired) electrons. The summed E-state index contributed by atoms with van der Waals surface area (Å²) in [6.07, 6.45) is 0. The summed E-state index contributed by atoms with van der Waals surface area (Å²) >= 11 is -1.80. The summed E-state index contributed by atoms with van der Waals surface area (Å²) in [5.74, 6) is 0.